The molecule has 2 aromatic rings. The number of nitrogens with zero attached hydrogens (tertiary/aromatic N) is 4. The van der Waals surface area contributed by atoms with Crippen LogP contribution in [0.5, 0.6) is 0 Å². The van der Waals surface area contributed by atoms with E-state index in [-0.39, 0.29) is 22.1 Å². The summed E-state index contributed by atoms with van der Waals surface area (Å²) in [6.07, 6.45) is 0. The zero-order chi connectivity index (χ0) is 15.8. The number of benzene rings is 1. The number of anilines is 3. The van der Waals surface area contributed by atoms with E-state index in [1.54, 1.807) is 20.0 Å². The molecule has 1 aromatic heterocycles. The van der Waals surface area contributed by atoms with Crippen LogP contribution in [0.4, 0.5) is 17.6 Å². The fraction of sp³-hybridized carbons (Fsp3) is 0.182. The van der Waals surface area contributed by atoms with Gasteiger partial charge >= 0.3 is 0 Å². The molecule has 10 heteroatoms. The topological polar surface area (TPSA) is 122 Å². The summed E-state index contributed by atoms with van der Waals surface area (Å²) in [6.45, 7) is 1.77. The van der Waals surface area contributed by atoms with Gasteiger partial charge in [-0.25, -0.2) is 0 Å². The van der Waals surface area contributed by atoms with Gasteiger partial charge in [-0.15, -0.1) is 0 Å². The third kappa shape index (κ3) is 3.38. The summed E-state index contributed by atoms with van der Waals surface area (Å²) in [7, 11) is -2.69. The molecule has 0 radical (unpaired) electrons. The van der Waals surface area contributed by atoms with E-state index in [9.17, 15) is 8.42 Å². The van der Waals surface area contributed by atoms with Crippen molar-refractivity contribution in [2.75, 3.05) is 17.7 Å². The summed E-state index contributed by atoms with van der Waals surface area (Å²) < 4.78 is 31.6. The van der Waals surface area contributed by atoms with Crippen molar-refractivity contribution >= 4 is 39.3 Å². The Hall–Kier alpha value is -1.97. The van der Waals surface area contributed by atoms with Crippen molar-refractivity contribution in [3.8, 4) is 0 Å². The van der Waals surface area contributed by atoms with E-state index in [0.29, 0.717) is 5.69 Å². The van der Waals surface area contributed by atoms with E-state index in [0.717, 1.165) is 5.56 Å². The molecule has 0 saturated heterocycles. The van der Waals surface area contributed by atoms with Crippen LogP contribution >= 0.6 is 11.6 Å². The fourth-order valence-electron chi connectivity index (χ4n) is 1.72. The van der Waals surface area contributed by atoms with Crippen LogP contribution in [-0.2, 0) is 10.1 Å². The van der Waals surface area contributed by atoms with Crippen molar-refractivity contribution in [3.05, 3.63) is 29.0 Å². The highest BCUT2D eigenvalue weighted by Crippen LogP contribution is 2.27. The van der Waals surface area contributed by atoms with Gasteiger partial charge in [-0.05, 0) is 36.2 Å². The highest BCUT2D eigenvalue weighted by Gasteiger charge is 2.16. The van der Waals surface area contributed by atoms with Gasteiger partial charge in [-0.3, -0.25) is 4.55 Å². The lowest BCUT2D eigenvalue weighted by Crippen LogP contribution is -2.16. The van der Waals surface area contributed by atoms with Crippen molar-refractivity contribution in [1.82, 2.24) is 15.0 Å². The van der Waals surface area contributed by atoms with Gasteiger partial charge < -0.3 is 10.6 Å². The van der Waals surface area contributed by atoms with E-state index < -0.39 is 10.1 Å². The van der Waals surface area contributed by atoms with E-state index >= 15 is 0 Å². The summed E-state index contributed by atoms with van der Waals surface area (Å²) >= 11 is 5.72. The number of aromatic nitrogens is 3. The molecule has 0 fully saturated rings. The summed E-state index contributed by atoms with van der Waals surface area (Å²) in [5.74, 6) is 0.100. The van der Waals surface area contributed by atoms with E-state index in [4.69, 9.17) is 21.9 Å². The van der Waals surface area contributed by atoms with Gasteiger partial charge in [0.05, 0.1) is 4.90 Å². The second-order valence-corrected chi connectivity index (χ2v) is 6.00. The van der Waals surface area contributed by atoms with E-state index in [1.165, 1.54) is 17.0 Å². The van der Waals surface area contributed by atoms with Crippen LogP contribution in [0.25, 0.3) is 0 Å². The first-order valence-electron chi connectivity index (χ1n) is 5.67. The van der Waals surface area contributed by atoms with E-state index in [2.05, 4.69) is 15.0 Å². The number of aryl methyl sites for hydroxylation is 1. The zero-order valence-corrected chi connectivity index (χ0v) is 12.7. The van der Waals surface area contributed by atoms with Gasteiger partial charge in [0.1, 0.15) is 0 Å². The number of nitrogen functional groups attached to an aromatic ring is 1. The molecule has 0 bridgehead atoms. The van der Waals surface area contributed by atoms with Gasteiger partial charge in [0, 0.05) is 12.7 Å². The molecule has 112 valence electrons. The second kappa shape index (κ2) is 5.43. The predicted octanol–water partition coefficient (Wildman–Crippen LogP) is 1.43. The Balaban J connectivity index is 2.54. The fourth-order valence-corrected chi connectivity index (χ4v) is 2.39. The SMILES string of the molecule is Cc1ccc(S(=O)(=O)O)cc1N(C)c1nc(N)nc(Cl)n1. The molecule has 1 heterocycles. The summed E-state index contributed by atoms with van der Waals surface area (Å²) in [5, 5.41) is -0.0760. The lowest BCUT2D eigenvalue weighted by Gasteiger charge is -2.20. The Bertz CT molecular complexity index is 776. The minimum Gasteiger partial charge on any atom is -0.368 e. The molecule has 3 N–H and O–H groups in total. The van der Waals surface area contributed by atoms with Crippen LogP contribution < -0.4 is 10.6 Å². The normalized spacial score (nSPS) is 11.4. The average Bonchev–Trinajstić information content (AvgIpc) is 2.36. The minimum absolute atomic E-state index is 0.0552. The monoisotopic (exact) mass is 329 g/mol. The Labute approximate surface area is 126 Å². The number of nitrogens with two attached hydrogens (primary N) is 1. The van der Waals surface area contributed by atoms with Gasteiger partial charge in [0.2, 0.25) is 17.2 Å². The molecule has 0 aliphatic heterocycles. The van der Waals surface area contributed by atoms with Crippen LogP contribution in [-0.4, -0.2) is 35.0 Å². The molecular weight excluding hydrogens is 318 g/mol. The summed E-state index contributed by atoms with van der Waals surface area (Å²) in [6, 6.07) is 4.16. The molecule has 21 heavy (non-hydrogen) atoms. The van der Waals surface area contributed by atoms with Gasteiger partial charge in [-0.1, -0.05) is 6.07 Å². The van der Waals surface area contributed by atoms with Gasteiger partial charge in [0.15, 0.2) is 0 Å². The Kier molecular flexibility index (Phi) is 3.99. The van der Waals surface area contributed by atoms with Crippen molar-refractivity contribution in [3.63, 3.8) is 0 Å². The Morgan fingerprint density at radius 1 is 1.29 bits per heavy atom. The number of hydrogen-bond donors (Lipinski definition) is 2. The lowest BCUT2D eigenvalue weighted by atomic mass is 10.2. The lowest BCUT2D eigenvalue weighted by molar-refractivity contribution is 0.483. The third-order valence-electron chi connectivity index (χ3n) is 2.75. The van der Waals surface area contributed by atoms with Crippen LogP contribution in [0.3, 0.4) is 0 Å². The average molecular weight is 330 g/mol. The number of rotatable bonds is 3. The maximum absolute atomic E-state index is 11.2. The zero-order valence-electron chi connectivity index (χ0n) is 11.1. The van der Waals surface area contributed by atoms with Crippen molar-refractivity contribution in [2.24, 2.45) is 0 Å². The maximum atomic E-state index is 11.2. The van der Waals surface area contributed by atoms with Crippen molar-refractivity contribution in [2.45, 2.75) is 11.8 Å². The Morgan fingerprint density at radius 3 is 2.52 bits per heavy atom. The molecule has 0 spiro atoms. The second-order valence-electron chi connectivity index (χ2n) is 4.25. The van der Waals surface area contributed by atoms with Crippen LogP contribution in [0.15, 0.2) is 23.1 Å². The first-order valence-corrected chi connectivity index (χ1v) is 7.49. The highest BCUT2D eigenvalue weighted by atomic mass is 35.5. The molecule has 0 aliphatic rings. The quantitative estimate of drug-likeness (QED) is 0.811. The maximum Gasteiger partial charge on any atom is 0.294 e. The first-order chi connectivity index (χ1) is 9.68. The van der Waals surface area contributed by atoms with Crippen molar-refractivity contribution in [1.29, 1.82) is 0 Å². The highest BCUT2D eigenvalue weighted by molar-refractivity contribution is 7.85. The van der Waals surface area contributed by atoms with Gasteiger partial charge in [0.25, 0.3) is 10.1 Å². The molecular formula is C11H12ClN5O3S. The standard InChI is InChI=1S/C11H12ClN5O3S/c1-6-3-4-7(21(18,19)20)5-8(6)17(2)11-15-9(12)14-10(13)16-11/h3-5H,1-2H3,(H,18,19,20)(H2,13,14,15,16). The molecule has 0 amide bonds. The van der Waals surface area contributed by atoms with E-state index in [1.807, 2.05) is 0 Å². The third-order valence-corrected chi connectivity index (χ3v) is 3.77. The number of hydrogen-bond acceptors (Lipinski definition) is 7. The minimum atomic E-state index is -4.30. The molecule has 0 aliphatic carbocycles. The molecule has 8 nitrogen and oxygen atoms in total. The molecule has 0 saturated carbocycles. The van der Waals surface area contributed by atoms with Crippen LogP contribution in [0.1, 0.15) is 5.56 Å². The van der Waals surface area contributed by atoms with Crippen LogP contribution in [0, 0.1) is 6.92 Å². The number of halogens is 1. The molecule has 2 rings (SSSR count). The van der Waals surface area contributed by atoms with Crippen molar-refractivity contribution < 1.29 is 13.0 Å². The molecule has 0 unspecified atom stereocenters. The first kappa shape index (κ1) is 15.4. The molecule has 0 atom stereocenters. The van der Waals surface area contributed by atoms with Crippen LogP contribution in [0.2, 0.25) is 5.28 Å². The summed E-state index contributed by atoms with van der Waals surface area (Å²) in [4.78, 5) is 12.8. The summed E-state index contributed by atoms with van der Waals surface area (Å²) in [5.41, 5.74) is 6.73. The largest absolute Gasteiger partial charge is 0.368 e. The molecule has 1 aromatic carbocycles. The Morgan fingerprint density at radius 2 is 1.95 bits per heavy atom. The smallest absolute Gasteiger partial charge is 0.294 e. The predicted molar refractivity (Wildman–Crippen MR) is 78.3 cm³/mol. The van der Waals surface area contributed by atoms with Gasteiger partial charge in [-0.2, -0.15) is 23.4 Å².